The quantitative estimate of drug-likeness (QED) is 0.201. The molecular formula is C26H25F2IN6O4. The van der Waals surface area contributed by atoms with Gasteiger partial charge in [0.1, 0.15) is 17.5 Å². The highest BCUT2D eigenvalue weighted by molar-refractivity contribution is 14.1. The maximum atomic E-state index is 14.6. The molecule has 0 radical (unpaired) electrons. The number of rotatable bonds is 7. The van der Waals surface area contributed by atoms with Gasteiger partial charge in [-0.15, -0.1) is 5.10 Å². The lowest BCUT2D eigenvalue weighted by atomic mass is 10.0. The van der Waals surface area contributed by atoms with Gasteiger partial charge in [0.05, 0.1) is 62.1 Å². The number of hydrogen-bond acceptors (Lipinski definition) is 7. The Bertz CT molecular complexity index is 1510. The molecule has 5 rings (SSSR count). The maximum absolute atomic E-state index is 14.6. The average molecular weight is 650 g/mol. The van der Waals surface area contributed by atoms with Crippen LogP contribution >= 0.6 is 22.9 Å². The van der Waals surface area contributed by atoms with Crippen molar-refractivity contribution in [2.24, 2.45) is 0 Å². The van der Waals surface area contributed by atoms with Crippen LogP contribution in [-0.2, 0) is 0 Å². The van der Waals surface area contributed by atoms with E-state index < -0.39 is 17.7 Å². The number of halogens is 3. The molecule has 0 bridgehead atoms. The number of fused-ring (bicyclic) bond motifs is 1. The van der Waals surface area contributed by atoms with Crippen LogP contribution in [0.15, 0.2) is 48.7 Å². The van der Waals surface area contributed by atoms with Crippen LogP contribution < -0.4 is 27.5 Å². The van der Waals surface area contributed by atoms with E-state index in [0.717, 1.165) is 18.6 Å². The van der Waals surface area contributed by atoms with Crippen molar-refractivity contribution in [1.29, 1.82) is 0 Å². The van der Waals surface area contributed by atoms with Gasteiger partial charge in [-0.05, 0) is 43.2 Å². The zero-order chi connectivity index (χ0) is 27.7. The zero-order valence-electron chi connectivity index (χ0n) is 21.3. The molecule has 0 saturated carbocycles. The fourth-order valence-electron chi connectivity index (χ4n) is 4.70. The second-order valence-electron chi connectivity index (χ2n) is 8.72. The third-order valence-corrected chi connectivity index (χ3v) is 7.42. The van der Waals surface area contributed by atoms with E-state index in [1.807, 2.05) is 27.8 Å². The van der Waals surface area contributed by atoms with Crippen LogP contribution in [0, 0.1) is 11.6 Å². The second-order valence-corrected chi connectivity index (χ2v) is 9.69. The number of urea groups is 1. The Balaban J connectivity index is 1.43. The van der Waals surface area contributed by atoms with Gasteiger partial charge in [0.2, 0.25) is 5.75 Å². The number of benzene rings is 2. The largest absolute Gasteiger partial charge is 0.493 e. The van der Waals surface area contributed by atoms with Gasteiger partial charge in [0.25, 0.3) is 0 Å². The van der Waals surface area contributed by atoms with Crippen LogP contribution in [0.1, 0.15) is 24.4 Å². The lowest BCUT2D eigenvalue weighted by molar-refractivity contribution is 0.260. The highest BCUT2D eigenvalue weighted by atomic mass is 127. The van der Waals surface area contributed by atoms with Crippen molar-refractivity contribution < 1.29 is 27.8 Å². The summed E-state index contributed by atoms with van der Waals surface area (Å²) in [5.41, 5.74) is 1.24. The van der Waals surface area contributed by atoms with Crippen molar-refractivity contribution in [1.82, 2.24) is 14.6 Å². The van der Waals surface area contributed by atoms with Gasteiger partial charge >= 0.3 is 6.03 Å². The molecule has 39 heavy (non-hydrogen) atoms. The zero-order valence-corrected chi connectivity index (χ0v) is 23.5. The van der Waals surface area contributed by atoms with Crippen molar-refractivity contribution in [3.8, 4) is 17.2 Å². The Kier molecular flexibility index (Phi) is 7.59. The summed E-state index contributed by atoms with van der Waals surface area (Å²) in [5, 5.41) is 7.53. The summed E-state index contributed by atoms with van der Waals surface area (Å²) in [4.78, 5) is 19.5. The van der Waals surface area contributed by atoms with Crippen LogP contribution in [0.4, 0.5) is 30.9 Å². The smallest absolute Gasteiger partial charge is 0.336 e. The topological polar surface area (TPSA) is 93.5 Å². The molecule has 13 heteroatoms. The second kappa shape index (κ2) is 11.1. The molecule has 1 aliphatic heterocycles. The number of aromatic nitrogens is 3. The highest BCUT2D eigenvalue weighted by Gasteiger charge is 2.30. The molecule has 2 aromatic carbocycles. The Morgan fingerprint density at radius 3 is 2.51 bits per heavy atom. The predicted molar refractivity (Wildman–Crippen MR) is 150 cm³/mol. The third kappa shape index (κ3) is 5.10. The van der Waals surface area contributed by atoms with Crippen molar-refractivity contribution in [2.75, 3.05) is 41.2 Å². The molecule has 204 valence electrons. The number of anilines is 3. The minimum Gasteiger partial charge on any atom is -0.493 e. The lowest BCUT2D eigenvalue weighted by Crippen LogP contribution is -2.28. The standard InChI is InChI=1S/C26H25F2IN6O4/c1-37-20-12-16(13-21(38-2)25(20)39-3)31-26(36)34(29)24-14-30-22-8-9-23(32-35(22)24)33-10-4-5-19(33)17-11-15(27)6-7-18(17)28/h6-9,11-14,19H,4-5,10H2,1-3H3,(H,31,36). The number of ether oxygens (including phenoxy) is 3. The van der Waals surface area contributed by atoms with Crippen LogP contribution in [0.25, 0.3) is 5.65 Å². The summed E-state index contributed by atoms with van der Waals surface area (Å²) in [6, 6.07) is 9.45. The first-order valence-electron chi connectivity index (χ1n) is 12.0. The molecule has 1 fully saturated rings. The first-order chi connectivity index (χ1) is 18.8. The molecule has 0 aliphatic carbocycles. The Labute approximate surface area is 237 Å². The van der Waals surface area contributed by atoms with Crippen LogP contribution in [0.5, 0.6) is 17.2 Å². The van der Waals surface area contributed by atoms with E-state index >= 15 is 0 Å². The SMILES string of the molecule is COc1cc(NC(=O)N(I)c2cnc3ccc(N4CCCC4c4cc(F)ccc4F)nn23)cc(OC)c1OC. The van der Waals surface area contributed by atoms with Crippen molar-refractivity contribution in [2.45, 2.75) is 18.9 Å². The lowest BCUT2D eigenvalue weighted by Gasteiger charge is -2.26. The first kappa shape index (κ1) is 26.7. The fraction of sp³-hybridized carbons (Fsp3) is 0.269. The van der Waals surface area contributed by atoms with E-state index in [4.69, 9.17) is 19.3 Å². The summed E-state index contributed by atoms with van der Waals surface area (Å²) < 4.78 is 47.4. The molecule has 2 aromatic heterocycles. The van der Waals surface area contributed by atoms with Gasteiger partial charge in [-0.1, -0.05) is 0 Å². The number of nitrogens with one attached hydrogen (secondary N) is 1. The van der Waals surface area contributed by atoms with Crippen LogP contribution in [-0.4, -0.2) is 48.5 Å². The number of nitrogens with zero attached hydrogens (tertiary/aromatic N) is 5. The summed E-state index contributed by atoms with van der Waals surface area (Å²) >= 11 is 1.86. The monoisotopic (exact) mass is 650 g/mol. The van der Waals surface area contributed by atoms with Gasteiger partial charge in [-0.25, -0.2) is 21.7 Å². The summed E-state index contributed by atoms with van der Waals surface area (Å²) in [6.45, 7) is 0.624. The number of hydrogen-bond donors (Lipinski definition) is 1. The normalized spacial score (nSPS) is 14.9. The number of imidazole rings is 1. The summed E-state index contributed by atoms with van der Waals surface area (Å²) in [6.07, 6.45) is 2.99. The van der Waals surface area contributed by atoms with Crippen molar-refractivity contribution in [3.05, 3.63) is 65.9 Å². The first-order valence-corrected chi connectivity index (χ1v) is 12.9. The van der Waals surface area contributed by atoms with Crippen LogP contribution in [0.3, 0.4) is 0 Å². The third-order valence-electron chi connectivity index (χ3n) is 6.49. The van der Waals surface area contributed by atoms with E-state index in [9.17, 15) is 13.6 Å². The molecular weight excluding hydrogens is 625 g/mol. The van der Waals surface area contributed by atoms with E-state index in [0.29, 0.717) is 58.7 Å². The van der Waals surface area contributed by atoms with E-state index in [1.54, 1.807) is 24.3 Å². The Hall–Kier alpha value is -3.88. The number of methoxy groups -OCH3 is 3. The molecule has 1 atom stereocenters. The van der Waals surface area contributed by atoms with Crippen molar-refractivity contribution >= 4 is 51.9 Å². The molecule has 3 heterocycles. The fourth-order valence-corrected chi connectivity index (χ4v) is 5.15. The molecule has 1 N–H and O–H groups in total. The van der Waals surface area contributed by atoms with E-state index in [-0.39, 0.29) is 6.04 Å². The summed E-state index contributed by atoms with van der Waals surface area (Å²) in [5.74, 6) is 1.19. The molecule has 1 saturated heterocycles. The molecule has 10 nitrogen and oxygen atoms in total. The molecule has 1 unspecified atom stereocenters. The molecule has 0 spiro atoms. The molecule has 2 amide bonds. The number of carbonyl (C=O) groups excluding carboxylic acids is 1. The van der Waals surface area contributed by atoms with Crippen LogP contribution in [0.2, 0.25) is 0 Å². The Morgan fingerprint density at radius 2 is 1.82 bits per heavy atom. The van der Waals surface area contributed by atoms with Gasteiger partial charge in [0.15, 0.2) is 23.0 Å². The van der Waals surface area contributed by atoms with E-state index in [1.165, 1.54) is 41.2 Å². The highest BCUT2D eigenvalue weighted by Crippen LogP contribution is 2.40. The van der Waals surface area contributed by atoms with Gasteiger partial charge in [0, 0.05) is 24.2 Å². The predicted octanol–water partition coefficient (Wildman–Crippen LogP) is 5.76. The minimum atomic E-state index is -0.489. The molecule has 4 aromatic rings. The minimum absolute atomic E-state index is 0.292. The van der Waals surface area contributed by atoms with Gasteiger partial charge < -0.3 is 24.4 Å². The number of carbonyl (C=O) groups is 1. The molecule has 1 aliphatic rings. The Morgan fingerprint density at radius 1 is 1.08 bits per heavy atom. The number of amides is 2. The van der Waals surface area contributed by atoms with E-state index in [2.05, 4.69) is 10.3 Å². The maximum Gasteiger partial charge on any atom is 0.336 e. The van der Waals surface area contributed by atoms with Gasteiger partial charge in [-0.3, -0.25) is 0 Å². The van der Waals surface area contributed by atoms with Crippen molar-refractivity contribution in [3.63, 3.8) is 0 Å². The average Bonchev–Trinajstić information content (AvgIpc) is 3.60. The summed E-state index contributed by atoms with van der Waals surface area (Å²) in [7, 11) is 4.47. The van der Waals surface area contributed by atoms with Gasteiger partial charge in [-0.2, -0.15) is 4.52 Å².